The topological polar surface area (TPSA) is 107 Å². The molecule has 0 saturated carbocycles. The van der Waals surface area contributed by atoms with Crippen LogP contribution in [0, 0.1) is 0 Å². The predicted molar refractivity (Wildman–Crippen MR) is 145 cm³/mol. The Kier molecular flexibility index (Phi) is 8.68. The number of aromatic nitrogens is 3. The van der Waals surface area contributed by atoms with Crippen LogP contribution in [0.25, 0.3) is 17.1 Å². The molecule has 9 nitrogen and oxygen atoms in total. The van der Waals surface area contributed by atoms with Crippen molar-refractivity contribution < 1.29 is 15.0 Å². The van der Waals surface area contributed by atoms with E-state index >= 15 is 0 Å². The maximum Gasteiger partial charge on any atom is 0.289 e. The molecule has 1 aliphatic rings. The molecule has 1 amide bonds. The summed E-state index contributed by atoms with van der Waals surface area (Å²) in [5, 5.41) is 32.2. The average molecular weight is 527 g/mol. The molecule has 2 aromatic carbocycles. The van der Waals surface area contributed by atoms with E-state index in [1.165, 1.54) is 11.6 Å². The Hall–Kier alpha value is -3.14. The molecule has 2 heterocycles. The number of aromatic hydroxyl groups is 2. The number of alkyl halides is 1. The summed E-state index contributed by atoms with van der Waals surface area (Å²) in [6.07, 6.45) is 0. The van der Waals surface area contributed by atoms with E-state index in [0.717, 1.165) is 39.3 Å². The van der Waals surface area contributed by atoms with Gasteiger partial charge in [0.2, 0.25) is 5.82 Å². The number of phenolic OH excluding ortho intramolecular Hbond substituents is 2. The molecule has 1 aromatic heterocycles. The van der Waals surface area contributed by atoms with Crippen LogP contribution in [0.15, 0.2) is 36.4 Å². The monoisotopic (exact) mass is 526 g/mol. The number of halogens is 1. The van der Waals surface area contributed by atoms with Gasteiger partial charge in [-0.15, -0.1) is 21.8 Å². The van der Waals surface area contributed by atoms with E-state index in [1.807, 2.05) is 45.0 Å². The molecule has 1 fully saturated rings. The summed E-state index contributed by atoms with van der Waals surface area (Å²) in [5.41, 5.74) is 2.93. The second-order valence-corrected chi connectivity index (χ2v) is 9.98. The Balaban J connectivity index is 1.66. The van der Waals surface area contributed by atoms with Crippen molar-refractivity contribution in [2.24, 2.45) is 0 Å². The Bertz CT molecular complexity index is 1220. The second-order valence-electron chi connectivity index (χ2n) is 9.60. The number of carbonyl (C=O) groups excluding carboxylic acids is 1. The number of piperazine rings is 1. The van der Waals surface area contributed by atoms with Gasteiger partial charge in [0.05, 0.1) is 5.56 Å². The average Bonchev–Trinajstić information content (AvgIpc) is 3.31. The molecule has 0 atom stereocenters. The van der Waals surface area contributed by atoms with Crippen molar-refractivity contribution in [3.8, 4) is 28.6 Å². The first-order valence-corrected chi connectivity index (χ1v) is 13.3. The van der Waals surface area contributed by atoms with Gasteiger partial charge in [-0.1, -0.05) is 26.0 Å². The minimum atomic E-state index is -0.359. The molecule has 0 spiro atoms. The molecule has 0 unspecified atom stereocenters. The third kappa shape index (κ3) is 6.06. The van der Waals surface area contributed by atoms with Crippen molar-refractivity contribution >= 4 is 17.5 Å². The van der Waals surface area contributed by atoms with Crippen LogP contribution in [0.3, 0.4) is 0 Å². The summed E-state index contributed by atoms with van der Waals surface area (Å²) in [6, 6.07) is 11.0. The SMILES string of the molecule is CCNC(=O)c1nnc(-c2cc(C(C)C)c(O)cc2O)n1-c1ccc(CN2CCN(CCCl)CC2)cc1. The van der Waals surface area contributed by atoms with Gasteiger partial charge in [0.25, 0.3) is 5.91 Å². The van der Waals surface area contributed by atoms with Gasteiger partial charge in [-0.25, -0.2) is 0 Å². The molecule has 1 aliphatic heterocycles. The van der Waals surface area contributed by atoms with E-state index in [9.17, 15) is 15.0 Å². The lowest BCUT2D eigenvalue weighted by Gasteiger charge is -2.34. The number of hydrogen-bond donors (Lipinski definition) is 3. The molecule has 37 heavy (non-hydrogen) atoms. The molecule has 198 valence electrons. The fourth-order valence-electron chi connectivity index (χ4n) is 4.62. The minimum absolute atomic E-state index is 0.0131. The van der Waals surface area contributed by atoms with E-state index in [-0.39, 0.29) is 29.1 Å². The maximum atomic E-state index is 12.8. The highest BCUT2D eigenvalue weighted by Gasteiger charge is 2.24. The number of amides is 1. The zero-order valence-corrected chi connectivity index (χ0v) is 22.4. The number of benzene rings is 2. The second kappa shape index (κ2) is 11.9. The normalized spacial score (nSPS) is 14.8. The van der Waals surface area contributed by atoms with Crippen molar-refractivity contribution in [3.05, 3.63) is 53.3 Å². The number of phenols is 2. The lowest BCUT2D eigenvalue weighted by Crippen LogP contribution is -2.46. The van der Waals surface area contributed by atoms with Gasteiger partial charge in [0, 0.05) is 63.4 Å². The number of nitrogens with zero attached hydrogens (tertiary/aromatic N) is 5. The van der Waals surface area contributed by atoms with Gasteiger partial charge in [0.1, 0.15) is 11.5 Å². The molecule has 10 heteroatoms. The predicted octanol–water partition coefficient (Wildman–Crippen LogP) is 3.58. The van der Waals surface area contributed by atoms with Crippen molar-refractivity contribution in [3.63, 3.8) is 0 Å². The molecule has 0 radical (unpaired) electrons. The van der Waals surface area contributed by atoms with E-state index in [4.69, 9.17) is 11.6 Å². The fraction of sp³-hybridized carbons (Fsp3) is 0.444. The lowest BCUT2D eigenvalue weighted by atomic mass is 9.98. The summed E-state index contributed by atoms with van der Waals surface area (Å²) < 4.78 is 1.65. The van der Waals surface area contributed by atoms with E-state index < -0.39 is 0 Å². The zero-order chi connectivity index (χ0) is 26.5. The molecular weight excluding hydrogens is 492 g/mol. The van der Waals surface area contributed by atoms with Crippen molar-refractivity contribution in [1.29, 1.82) is 0 Å². The summed E-state index contributed by atoms with van der Waals surface area (Å²) >= 11 is 5.88. The van der Waals surface area contributed by atoms with Crippen LogP contribution in [0.1, 0.15) is 48.4 Å². The van der Waals surface area contributed by atoms with Gasteiger partial charge >= 0.3 is 0 Å². The number of carbonyl (C=O) groups is 1. The first-order chi connectivity index (χ1) is 17.8. The van der Waals surface area contributed by atoms with E-state index in [1.54, 1.807) is 10.6 Å². The smallest absolute Gasteiger partial charge is 0.289 e. The fourth-order valence-corrected chi connectivity index (χ4v) is 4.86. The van der Waals surface area contributed by atoms with Crippen LogP contribution in [0.5, 0.6) is 11.5 Å². The van der Waals surface area contributed by atoms with Gasteiger partial charge in [-0.05, 0) is 42.2 Å². The van der Waals surface area contributed by atoms with Gasteiger partial charge in [-0.2, -0.15) is 0 Å². The first kappa shape index (κ1) is 26.9. The summed E-state index contributed by atoms with van der Waals surface area (Å²) in [7, 11) is 0. The van der Waals surface area contributed by atoms with Crippen LogP contribution < -0.4 is 5.32 Å². The van der Waals surface area contributed by atoms with Gasteiger partial charge in [-0.3, -0.25) is 19.2 Å². The van der Waals surface area contributed by atoms with Gasteiger partial charge < -0.3 is 15.5 Å². The highest BCUT2D eigenvalue weighted by atomic mass is 35.5. The first-order valence-electron chi connectivity index (χ1n) is 12.7. The number of nitrogens with one attached hydrogen (secondary N) is 1. The summed E-state index contributed by atoms with van der Waals surface area (Å²) in [6.45, 7) is 12.0. The molecular formula is C27H35ClN6O3. The Morgan fingerprint density at radius 1 is 1.03 bits per heavy atom. The molecule has 4 rings (SSSR count). The molecule has 3 N–H and O–H groups in total. The third-order valence-electron chi connectivity index (χ3n) is 6.68. The summed E-state index contributed by atoms with van der Waals surface area (Å²) in [4.78, 5) is 17.6. The summed E-state index contributed by atoms with van der Waals surface area (Å²) in [5.74, 6) is 0.646. The largest absolute Gasteiger partial charge is 0.508 e. The highest BCUT2D eigenvalue weighted by Crippen LogP contribution is 2.38. The molecule has 0 bridgehead atoms. The van der Waals surface area contributed by atoms with E-state index in [2.05, 4.69) is 25.3 Å². The number of hydrogen-bond acceptors (Lipinski definition) is 7. The van der Waals surface area contributed by atoms with Crippen LogP contribution in [-0.2, 0) is 6.54 Å². The third-order valence-corrected chi connectivity index (χ3v) is 6.85. The van der Waals surface area contributed by atoms with Crippen LogP contribution in [0.4, 0.5) is 0 Å². The van der Waals surface area contributed by atoms with Crippen LogP contribution in [0.2, 0.25) is 0 Å². The Labute approximate surface area is 222 Å². The van der Waals surface area contributed by atoms with Crippen LogP contribution in [-0.4, -0.2) is 85.8 Å². The van der Waals surface area contributed by atoms with Crippen molar-refractivity contribution in [1.82, 2.24) is 29.9 Å². The Morgan fingerprint density at radius 3 is 2.32 bits per heavy atom. The van der Waals surface area contributed by atoms with Crippen molar-refractivity contribution in [2.45, 2.75) is 33.2 Å². The lowest BCUT2D eigenvalue weighted by molar-refractivity contribution is 0.0943. The van der Waals surface area contributed by atoms with E-state index in [0.29, 0.717) is 35.1 Å². The maximum absolute atomic E-state index is 12.8. The molecule has 0 aliphatic carbocycles. The van der Waals surface area contributed by atoms with Crippen LogP contribution >= 0.6 is 11.6 Å². The standard InChI is InChI=1S/C27H35ClN6O3/c1-4-29-27(37)26-31-30-25(22-15-21(18(2)3)23(35)16-24(22)36)34(26)20-7-5-19(6-8-20)17-33-13-11-32(10-9-28)12-14-33/h5-8,15-16,18,35-36H,4,9-14,17H2,1-3H3,(H,29,37). The number of rotatable bonds is 9. The zero-order valence-electron chi connectivity index (χ0n) is 21.6. The molecule has 1 saturated heterocycles. The van der Waals surface area contributed by atoms with Crippen molar-refractivity contribution in [2.75, 3.05) is 45.1 Å². The quantitative estimate of drug-likeness (QED) is 0.366. The highest BCUT2D eigenvalue weighted by molar-refractivity contribution is 6.18. The minimum Gasteiger partial charge on any atom is -0.508 e. The Morgan fingerprint density at radius 2 is 1.70 bits per heavy atom. The molecule has 3 aromatic rings. The van der Waals surface area contributed by atoms with Gasteiger partial charge in [0.15, 0.2) is 5.82 Å².